The van der Waals surface area contributed by atoms with E-state index in [1.54, 1.807) is 72.2 Å². The fraction of sp³-hybridized carbons (Fsp3) is 0.0385. The molecular weight excluding hydrogens is 448 g/mol. The predicted octanol–water partition coefficient (Wildman–Crippen LogP) is 3.85. The number of benzene rings is 3. The van der Waals surface area contributed by atoms with Gasteiger partial charge in [0.05, 0.1) is 28.3 Å². The average Bonchev–Trinajstić information content (AvgIpc) is 2.84. The van der Waals surface area contributed by atoms with Gasteiger partial charge in [0, 0.05) is 11.3 Å². The van der Waals surface area contributed by atoms with E-state index in [4.69, 9.17) is 4.74 Å². The first kappa shape index (κ1) is 21.6. The first-order chi connectivity index (χ1) is 16.9. The Labute approximate surface area is 197 Å². The zero-order valence-electron chi connectivity index (χ0n) is 18.3. The summed E-state index contributed by atoms with van der Waals surface area (Å²) in [5.41, 5.74) is 1.11. The van der Waals surface area contributed by atoms with Crippen LogP contribution in [-0.2, 0) is 0 Å². The second-order valence-electron chi connectivity index (χ2n) is 7.80. The van der Waals surface area contributed by atoms with Crippen molar-refractivity contribution >= 4 is 16.9 Å². The minimum absolute atomic E-state index is 0.148. The van der Waals surface area contributed by atoms with Crippen LogP contribution in [0.4, 0.5) is 0 Å². The standard InChI is InChI=1S/C26H16N4O5/c1-14-19(25(32)33)3-2-4-22(14)35-18-9-7-17(8-10-18)30-21-11-15(13-27)5-6-16(21)12-20-23(30)28-26(34)29-24(20)31/h2-12H,1H3,(H,32,33)(H,29,31,34). The average molecular weight is 464 g/mol. The van der Waals surface area contributed by atoms with Crippen molar-refractivity contribution in [2.24, 2.45) is 0 Å². The molecule has 9 heteroatoms. The van der Waals surface area contributed by atoms with E-state index < -0.39 is 17.2 Å². The van der Waals surface area contributed by atoms with Crippen LogP contribution in [0.15, 0.2) is 76.3 Å². The van der Waals surface area contributed by atoms with E-state index in [0.29, 0.717) is 39.2 Å². The Kier molecular flexibility index (Phi) is 5.11. The fourth-order valence-electron chi connectivity index (χ4n) is 3.96. The molecule has 0 amide bonds. The van der Waals surface area contributed by atoms with Crippen LogP contribution in [0, 0.1) is 18.3 Å². The number of carboxylic acid groups (broad SMARTS) is 1. The maximum atomic E-state index is 12.5. The molecule has 0 bridgehead atoms. The van der Waals surface area contributed by atoms with Crippen LogP contribution >= 0.6 is 0 Å². The second kappa shape index (κ2) is 8.28. The SMILES string of the molecule is Cc1c(Oc2ccc(-n3c4nc(=O)[nH]c(=O)c-4cc4ccc(C#N)cc43)cc2)cccc1C(=O)O. The van der Waals surface area contributed by atoms with E-state index in [-0.39, 0.29) is 17.0 Å². The van der Waals surface area contributed by atoms with E-state index in [0.717, 1.165) is 0 Å². The molecule has 0 saturated carbocycles. The number of nitrogens with zero attached hydrogens (tertiary/aromatic N) is 3. The van der Waals surface area contributed by atoms with Crippen molar-refractivity contribution in [3.8, 4) is 34.6 Å². The molecule has 0 spiro atoms. The van der Waals surface area contributed by atoms with E-state index in [1.165, 1.54) is 6.07 Å². The Bertz CT molecular complexity index is 1760. The van der Waals surface area contributed by atoms with Crippen molar-refractivity contribution in [3.05, 3.63) is 104 Å². The summed E-state index contributed by atoms with van der Waals surface area (Å²) in [6, 6.07) is 20.3. The summed E-state index contributed by atoms with van der Waals surface area (Å²) < 4.78 is 7.55. The second-order valence-corrected chi connectivity index (χ2v) is 7.80. The number of H-pyrrole nitrogens is 1. The lowest BCUT2D eigenvalue weighted by molar-refractivity contribution is 0.0695. The van der Waals surface area contributed by atoms with Gasteiger partial charge in [-0.15, -0.1) is 0 Å². The topological polar surface area (TPSA) is 138 Å². The van der Waals surface area contributed by atoms with Gasteiger partial charge in [-0.2, -0.15) is 10.2 Å². The number of aromatic carboxylic acids is 1. The number of carbonyl (C=O) groups is 1. The van der Waals surface area contributed by atoms with E-state index in [9.17, 15) is 24.8 Å². The summed E-state index contributed by atoms with van der Waals surface area (Å²) in [6.45, 7) is 1.67. The molecule has 0 atom stereocenters. The number of carboxylic acids is 1. The lowest BCUT2D eigenvalue weighted by atomic mass is 10.1. The molecule has 0 radical (unpaired) electrons. The molecule has 0 saturated heterocycles. The molecule has 9 nitrogen and oxygen atoms in total. The minimum atomic E-state index is -1.04. The normalized spacial score (nSPS) is 10.9. The Hall–Kier alpha value is -5.23. The van der Waals surface area contributed by atoms with Gasteiger partial charge in [0.15, 0.2) is 5.82 Å². The van der Waals surface area contributed by atoms with Crippen molar-refractivity contribution in [1.29, 1.82) is 5.26 Å². The minimum Gasteiger partial charge on any atom is -0.478 e. The maximum Gasteiger partial charge on any atom is 0.349 e. The molecule has 170 valence electrons. The van der Waals surface area contributed by atoms with E-state index in [2.05, 4.69) is 16.0 Å². The lowest BCUT2D eigenvalue weighted by Crippen LogP contribution is -2.27. The highest BCUT2D eigenvalue weighted by atomic mass is 16.5. The van der Waals surface area contributed by atoms with Gasteiger partial charge in [-0.25, -0.2) is 9.59 Å². The third-order valence-electron chi connectivity index (χ3n) is 5.66. The third kappa shape index (κ3) is 3.79. The Morgan fingerprint density at radius 1 is 1.09 bits per heavy atom. The maximum absolute atomic E-state index is 12.5. The van der Waals surface area contributed by atoms with Gasteiger partial charge in [-0.05, 0) is 66.9 Å². The third-order valence-corrected chi connectivity index (χ3v) is 5.66. The van der Waals surface area contributed by atoms with Crippen molar-refractivity contribution in [1.82, 2.24) is 14.5 Å². The number of aromatic nitrogens is 3. The van der Waals surface area contributed by atoms with Crippen LogP contribution in [-0.4, -0.2) is 25.6 Å². The monoisotopic (exact) mass is 464 g/mol. The van der Waals surface area contributed by atoms with Crippen molar-refractivity contribution in [2.75, 3.05) is 0 Å². The number of ether oxygens (including phenoxy) is 1. The molecule has 5 rings (SSSR count). The summed E-state index contributed by atoms with van der Waals surface area (Å²) in [5, 5.41) is 19.4. The van der Waals surface area contributed by atoms with Crippen LogP contribution in [0.2, 0.25) is 0 Å². The summed E-state index contributed by atoms with van der Waals surface area (Å²) >= 11 is 0. The molecule has 0 aromatic heterocycles. The Morgan fingerprint density at radius 3 is 2.57 bits per heavy atom. The Balaban J connectivity index is 1.66. The molecule has 2 N–H and O–H groups in total. The van der Waals surface area contributed by atoms with Gasteiger partial charge >= 0.3 is 11.7 Å². The number of rotatable bonds is 4. The number of fused-ring (bicyclic) bond motifs is 2. The van der Waals surface area contributed by atoms with Gasteiger partial charge in [0.25, 0.3) is 5.56 Å². The van der Waals surface area contributed by atoms with Gasteiger partial charge in [-0.3, -0.25) is 14.3 Å². The smallest absolute Gasteiger partial charge is 0.349 e. The zero-order valence-corrected chi connectivity index (χ0v) is 18.3. The largest absolute Gasteiger partial charge is 0.478 e. The van der Waals surface area contributed by atoms with Crippen LogP contribution in [0.1, 0.15) is 21.5 Å². The molecule has 0 fully saturated rings. The fourth-order valence-corrected chi connectivity index (χ4v) is 3.96. The van der Waals surface area contributed by atoms with Crippen molar-refractivity contribution in [2.45, 2.75) is 6.92 Å². The molecule has 2 aliphatic heterocycles. The molecular formula is C26H16N4O5. The van der Waals surface area contributed by atoms with E-state index in [1.807, 2.05) is 0 Å². The molecule has 2 heterocycles. The summed E-state index contributed by atoms with van der Waals surface area (Å²) in [7, 11) is 0. The molecule has 0 aliphatic carbocycles. The quantitative estimate of drug-likeness (QED) is 0.385. The number of nitriles is 1. The number of aromatic amines is 1. The Morgan fingerprint density at radius 2 is 1.86 bits per heavy atom. The highest BCUT2D eigenvalue weighted by Crippen LogP contribution is 2.31. The van der Waals surface area contributed by atoms with Crippen LogP contribution in [0.5, 0.6) is 11.5 Å². The molecule has 3 aromatic carbocycles. The van der Waals surface area contributed by atoms with Crippen LogP contribution in [0.3, 0.4) is 0 Å². The molecule has 3 aromatic rings. The summed E-state index contributed by atoms with van der Waals surface area (Å²) in [4.78, 5) is 42.1. The molecule has 2 aliphatic rings. The predicted molar refractivity (Wildman–Crippen MR) is 128 cm³/mol. The van der Waals surface area contributed by atoms with Crippen LogP contribution in [0.25, 0.3) is 28.0 Å². The van der Waals surface area contributed by atoms with Crippen molar-refractivity contribution in [3.63, 3.8) is 0 Å². The summed E-state index contributed by atoms with van der Waals surface area (Å²) in [5.74, 6) is -0.0270. The van der Waals surface area contributed by atoms with Gasteiger partial charge in [-0.1, -0.05) is 12.1 Å². The summed E-state index contributed by atoms with van der Waals surface area (Å²) in [6.07, 6.45) is 0. The lowest BCUT2D eigenvalue weighted by Gasteiger charge is -2.18. The van der Waals surface area contributed by atoms with Gasteiger partial charge in [0.1, 0.15) is 11.5 Å². The number of hydrogen-bond acceptors (Lipinski definition) is 6. The van der Waals surface area contributed by atoms with Gasteiger partial charge in [0.2, 0.25) is 0 Å². The van der Waals surface area contributed by atoms with Gasteiger partial charge < -0.3 is 9.84 Å². The van der Waals surface area contributed by atoms with E-state index >= 15 is 0 Å². The number of hydrogen-bond donors (Lipinski definition) is 2. The highest BCUT2D eigenvalue weighted by molar-refractivity contribution is 5.90. The van der Waals surface area contributed by atoms with Crippen molar-refractivity contribution < 1.29 is 14.6 Å². The number of nitrogens with one attached hydrogen (secondary N) is 1. The van der Waals surface area contributed by atoms with Crippen LogP contribution < -0.4 is 16.0 Å². The molecule has 35 heavy (non-hydrogen) atoms. The zero-order chi connectivity index (χ0) is 24.7. The first-order valence-corrected chi connectivity index (χ1v) is 10.5. The molecule has 0 unspecified atom stereocenters. The highest BCUT2D eigenvalue weighted by Gasteiger charge is 2.19. The first-order valence-electron chi connectivity index (χ1n) is 10.5. The number of pyridine rings is 1.